The smallest absolute Gasteiger partial charge is 0.271 e. The van der Waals surface area contributed by atoms with Crippen LogP contribution in [0.25, 0.3) is 11.1 Å². The molecular weight excluding hydrogens is 350 g/mol. The minimum atomic E-state index is 0.0665. The number of hydrogen-bond acceptors (Lipinski definition) is 5. The van der Waals surface area contributed by atoms with Gasteiger partial charge in [-0.05, 0) is 37.3 Å². The molecule has 0 aliphatic carbocycles. The molecule has 4 nitrogen and oxygen atoms in total. The van der Waals surface area contributed by atoms with Crippen molar-refractivity contribution >= 4 is 39.9 Å². The average Bonchev–Trinajstić information content (AvgIpc) is 3.13. The van der Waals surface area contributed by atoms with E-state index in [1.807, 2.05) is 54.9 Å². The summed E-state index contributed by atoms with van der Waals surface area (Å²) in [5.74, 6) is 0. The standard InChI is InChI=1S/C19H17N3OS2/c1-3-22-16(12-13-8-6-7-11-20-13)25-17(18(22)23)19-21(2)14-9-4-5-10-15(14)24-19/h4-12H,3H2,1-2H3/b16-12+,19-17+. The highest BCUT2D eigenvalue weighted by molar-refractivity contribution is 8.08. The number of nitrogens with zero attached hydrogens (tertiary/aromatic N) is 3. The monoisotopic (exact) mass is 367 g/mol. The zero-order chi connectivity index (χ0) is 17.4. The Morgan fingerprint density at radius 3 is 2.68 bits per heavy atom. The fourth-order valence-corrected chi connectivity index (χ4v) is 5.32. The minimum absolute atomic E-state index is 0.0665. The summed E-state index contributed by atoms with van der Waals surface area (Å²) < 4.78 is 3.53. The third-order valence-electron chi connectivity index (χ3n) is 4.12. The number of benzene rings is 1. The molecule has 126 valence electrons. The van der Waals surface area contributed by atoms with Crippen molar-refractivity contribution in [3.63, 3.8) is 0 Å². The number of aromatic nitrogens is 2. The SMILES string of the molecule is CCn1c(=O)/c(=C2\Sc3ccccc3N2C)s/c1=C/c1ccccn1. The van der Waals surface area contributed by atoms with Gasteiger partial charge >= 0.3 is 0 Å². The highest BCUT2D eigenvalue weighted by Gasteiger charge is 2.24. The van der Waals surface area contributed by atoms with Crippen LogP contribution in [0.1, 0.15) is 12.6 Å². The van der Waals surface area contributed by atoms with Gasteiger partial charge in [-0.2, -0.15) is 0 Å². The molecule has 1 aliphatic heterocycles. The Balaban J connectivity index is 1.94. The topological polar surface area (TPSA) is 38.1 Å². The van der Waals surface area contributed by atoms with Gasteiger partial charge in [0.15, 0.2) is 0 Å². The van der Waals surface area contributed by atoms with E-state index in [0.29, 0.717) is 6.54 Å². The maximum Gasteiger partial charge on any atom is 0.271 e. The average molecular weight is 367 g/mol. The molecule has 4 rings (SSSR count). The molecule has 2 aromatic heterocycles. The Morgan fingerprint density at radius 1 is 1.16 bits per heavy atom. The summed E-state index contributed by atoms with van der Waals surface area (Å²) in [6.45, 7) is 2.64. The first-order chi connectivity index (χ1) is 12.2. The highest BCUT2D eigenvalue weighted by atomic mass is 32.2. The van der Waals surface area contributed by atoms with Gasteiger partial charge in [0.2, 0.25) is 0 Å². The predicted molar refractivity (Wildman–Crippen MR) is 105 cm³/mol. The molecule has 0 amide bonds. The van der Waals surface area contributed by atoms with Crippen molar-refractivity contribution in [1.29, 1.82) is 0 Å². The van der Waals surface area contributed by atoms with Crippen LogP contribution in [0.15, 0.2) is 58.4 Å². The van der Waals surface area contributed by atoms with Gasteiger partial charge in [-0.1, -0.05) is 30.0 Å². The molecule has 0 atom stereocenters. The number of pyridine rings is 1. The molecule has 0 saturated heterocycles. The molecule has 0 unspecified atom stereocenters. The van der Waals surface area contributed by atoms with Crippen molar-refractivity contribution in [3.05, 3.63) is 73.9 Å². The molecule has 6 heteroatoms. The Morgan fingerprint density at radius 2 is 1.96 bits per heavy atom. The lowest BCUT2D eigenvalue weighted by atomic mass is 10.3. The van der Waals surface area contributed by atoms with E-state index in [2.05, 4.69) is 22.0 Å². The molecule has 3 aromatic rings. The quantitative estimate of drug-likeness (QED) is 0.697. The lowest BCUT2D eigenvalue weighted by Crippen LogP contribution is -2.33. The normalized spacial score (nSPS) is 16.4. The van der Waals surface area contributed by atoms with Crippen LogP contribution in [0.5, 0.6) is 0 Å². The third-order valence-corrected chi connectivity index (χ3v) is 6.60. The summed E-state index contributed by atoms with van der Waals surface area (Å²) in [6, 6.07) is 14.0. The van der Waals surface area contributed by atoms with E-state index in [1.54, 1.807) is 18.0 Å². The maximum atomic E-state index is 13.0. The van der Waals surface area contributed by atoms with Gasteiger partial charge in [-0.25, -0.2) is 0 Å². The van der Waals surface area contributed by atoms with Crippen LogP contribution >= 0.6 is 23.1 Å². The van der Waals surface area contributed by atoms with Gasteiger partial charge in [-0.15, -0.1) is 11.3 Å². The van der Waals surface area contributed by atoms with Crippen molar-refractivity contribution in [3.8, 4) is 0 Å². The van der Waals surface area contributed by atoms with E-state index in [9.17, 15) is 4.79 Å². The number of rotatable bonds is 2. The molecule has 1 aromatic carbocycles. The maximum absolute atomic E-state index is 13.0. The number of thioether (sulfide) groups is 1. The van der Waals surface area contributed by atoms with Crippen LogP contribution in [0.2, 0.25) is 0 Å². The van der Waals surface area contributed by atoms with Crippen molar-refractivity contribution < 1.29 is 0 Å². The second-order valence-electron chi connectivity index (χ2n) is 5.65. The van der Waals surface area contributed by atoms with E-state index < -0.39 is 0 Å². The van der Waals surface area contributed by atoms with Crippen LogP contribution < -0.4 is 19.7 Å². The second kappa shape index (κ2) is 6.54. The largest absolute Gasteiger partial charge is 0.337 e. The number of fused-ring (bicyclic) bond motifs is 1. The van der Waals surface area contributed by atoms with Gasteiger partial charge in [0.05, 0.1) is 11.4 Å². The van der Waals surface area contributed by atoms with E-state index in [4.69, 9.17) is 0 Å². The Bertz CT molecular complexity index is 1100. The number of hydrogen-bond donors (Lipinski definition) is 0. The first-order valence-electron chi connectivity index (χ1n) is 8.06. The molecule has 0 saturated carbocycles. The van der Waals surface area contributed by atoms with Crippen LogP contribution in [0.4, 0.5) is 5.69 Å². The van der Waals surface area contributed by atoms with E-state index >= 15 is 0 Å². The first-order valence-corrected chi connectivity index (χ1v) is 9.69. The van der Waals surface area contributed by atoms with E-state index in [-0.39, 0.29) is 5.56 Å². The van der Waals surface area contributed by atoms with Crippen LogP contribution in [0, 0.1) is 0 Å². The lowest BCUT2D eigenvalue weighted by molar-refractivity contribution is 0.722. The molecule has 25 heavy (non-hydrogen) atoms. The lowest BCUT2D eigenvalue weighted by Gasteiger charge is -2.11. The summed E-state index contributed by atoms with van der Waals surface area (Å²) >= 11 is 3.19. The van der Waals surface area contributed by atoms with Crippen molar-refractivity contribution in [2.45, 2.75) is 18.4 Å². The molecular formula is C19H17N3OS2. The second-order valence-corrected chi connectivity index (χ2v) is 7.71. The zero-order valence-corrected chi connectivity index (χ0v) is 15.6. The molecule has 0 fully saturated rings. The highest BCUT2D eigenvalue weighted by Crippen LogP contribution is 2.44. The Kier molecular flexibility index (Phi) is 4.23. The number of anilines is 1. The van der Waals surface area contributed by atoms with Crippen LogP contribution in [0.3, 0.4) is 0 Å². The summed E-state index contributed by atoms with van der Waals surface area (Å²) in [5.41, 5.74) is 2.07. The van der Waals surface area contributed by atoms with Gasteiger partial charge in [-0.3, -0.25) is 14.3 Å². The summed E-state index contributed by atoms with van der Waals surface area (Å²) in [7, 11) is 2.02. The molecule has 3 heterocycles. The fraction of sp³-hybridized carbons (Fsp3) is 0.158. The summed E-state index contributed by atoms with van der Waals surface area (Å²) in [4.78, 5) is 20.6. The Hall–Kier alpha value is -2.31. The van der Waals surface area contributed by atoms with Gasteiger partial charge in [0.1, 0.15) is 14.2 Å². The van der Waals surface area contributed by atoms with E-state index in [0.717, 1.165) is 25.6 Å². The van der Waals surface area contributed by atoms with Crippen molar-refractivity contribution in [1.82, 2.24) is 9.55 Å². The summed E-state index contributed by atoms with van der Waals surface area (Å²) in [5, 5.41) is 0.999. The van der Waals surface area contributed by atoms with Crippen molar-refractivity contribution in [2.75, 3.05) is 11.9 Å². The molecule has 0 bridgehead atoms. The first kappa shape index (κ1) is 16.2. The fourth-order valence-electron chi connectivity index (χ4n) is 2.86. The minimum Gasteiger partial charge on any atom is -0.337 e. The van der Waals surface area contributed by atoms with Gasteiger partial charge < -0.3 is 4.90 Å². The van der Waals surface area contributed by atoms with E-state index in [1.165, 1.54) is 16.2 Å². The number of para-hydroxylation sites is 1. The third kappa shape index (κ3) is 2.81. The van der Waals surface area contributed by atoms with Gasteiger partial charge in [0, 0.05) is 24.7 Å². The molecule has 1 aliphatic rings. The van der Waals surface area contributed by atoms with Crippen LogP contribution in [-0.4, -0.2) is 16.6 Å². The summed E-state index contributed by atoms with van der Waals surface area (Å²) in [6.07, 6.45) is 3.74. The number of thiazole rings is 1. The molecule has 0 radical (unpaired) electrons. The van der Waals surface area contributed by atoms with Crippen molar-refractivity contribution in [2.24, 2.45) is 0 Å². The predicted octanol–water partition coefficient (Wildman–Crippen LogP) is 2.46. The van der Waals surface area contributed by atoms with Gasteiger partial charge in [0.25, 0.3) is 5.56 Å². The Labute approximate surface area is 153 Å². The zero-order valence-electron chi connectivity index (χ0n) is 14.0. The van der Waals surface area contributed by atoms with Crippen LogP contribution in [-0.2, 0) is 6.54 Å². The molecule has 0 spiro atoms. The molecule has 0 N–H and O–H groups in total.